The molecule has 0 fully saturated rings. The summed E-state index contributed by atoms with van der Waals surface area (Å²) in [5.41, 5.74) is 0.219. The number of carbonyl (C=O) groups is 2. The molecule has 1 rings (SSSR count). The van der Waals surface area contributed by atoms with E-state index in [0.717, 1.165) is 13.2 Å². The quantitative estimate of drug-likeness (QED) is 0.773. The van der Waals surface area contributed by atoms with Crippen LogP contribution in [0.5, 0.6) is 0 Å². The molecule has 1 aromatic rings. The van der Waals surface area contributed by atoms with Gasteiger partial charge in [0.25, 0.3) is 0 Å². The van der Waals surface area contributed by atoms with Crippen molar-refractivity contribution in [2.45, 2.75) is 12.7 Å². The average Bonchev–Trinajstić information content (AvgIpc) is 2.59. The van der Waals surface area contributed by atoms with Gasteiger partial charge in [0.1, 0.15) is 11.5 Å². The molecule has 0 aromatic carbocycles. The molecule has 8 heteroatoms. The molecule has 18 heavy (non-hydrogen) atoms. The third kappa shape index (κ3) is 3.59. The number of aromatic carboxylic acids is 1. The first kappa shape index (κ1) is 14.2. The maximum atomic E-state index is 11.6. The van der Waals surface area contributed by atoms with E-state index in [1.54, 1.807) is 0 Å². The van der Waals surface area contributed by atoms with Crippen molar-refractivity contribution in [1.29, 1.82) is 0 Å². The molecular formula is C10H12O7S. The number of sulfone groups is 1. The van der Waals surface area contributed by atoms with E-state index < -0.39 is 33.3 Å². The molecular weight excluding hydrogens is 264 g/mol. The maximum absolute atomic E-state index is 11.6. The lowest BCUT2D eigenvalue weighted by Gasteiger charge is -2.01. The van der Waals surface area contributed by atoms with Gasteiger partial charge in [0.15, 0.2) is 9.84 Å². The zero-order valence-electron chi connectivity index (χ0n) is 9.80. The molecule has 100 valence electrons. The second kappa shape index (κ2) is 5.21. The first-order valence-electron chi connectivity index (χ1n) is 4.85. The molecule has 1 aromatic heterocycles. The topological polar surface area (TPSA) is 111 Å². The van der Waals surface area contributed by atoms with Gasteiger partial charge in [-0.2, -0.15) is 0 Å². The van der Waals surface area contributed by atoms with Gasteiger partial charge in [-0.1, -0.05) is 0 Å². The van der Waals surface area contributed by atoms with E-state index >= 15 is 0 Å². The van der Waals surface area contributed by atoms with Crippen LogP contribution in [0.3, 0.4) is 0 Å². The molecule has 0 atom stereocenters. The highest BCUT2D eigenvalue weighted by Crippen LogP contribution is 2.17. The Hall–Kier alpha value is -1.83. The van der Waals surface area contributed by atoms with Crippen molar-refractivity contribution in [3.05, 3.63) is 23.2 Å². The lowest BCUT2D eigenvalue weighted by molar-refractivity contribution is -0.137. The van der Waals surface area contributed by atoms with E-state index in [9.17, 15) is 18.0 Å². The Kier molecular flexibility index (Phi) is 4.12. The van der Waals surface area contributed by atoms with Crippen LogP contribution >= 0.6 is 0 Å². The maximum Gasteiger partial charge on any atom is 0.371 e. The number of carboxylic acid groups (broad SMARTS) is 1. The summed E-state index contributed by atoms with van der Waals surface area (Å²) in [6, 6.07) is 1.13. The van der Waals surface area contributed by atoms with Gasteiger partial charge in [0, 0.05) is 5.56 Å². The summed E-state index contributed by atoms with van der Waals surface area (Å²) in [5.74, 6) is -3.51. The third-order valence-corrected chi connectivity index (χ3v) is 3.60. The fourth-order valence-corrected chi connectivity index (χ4v) is 2.63. The normalized spacial score (nSPS) is 11.2. The van der Waals surface area contributed by atoms with Crippen LogP contribution in [0.4, 0.5) is 0 Å². The number of rotatable bonds is 5. The zero-order valence-corrected chi connectivity index (χ0v) is 10.6. The van der Waals surface area contributed by atoms with Crippen molar-refractivity contribution in [1.82, 2.24) is 0 Å². The average molecular weight is 276 g/mol. The summed E-state index contributed by atoms with van der Waals surface area (Å²) in [7, 11) is -2.62. The Morgan fingerprint density at radius 2 is 2.06 bits per heavy atom. The van der Waals surface area contributed by atoms with E-state index in [2.05, 4.69) is 4.74 Å². The summed E-state index contributed by atoms with van der Waals surface area (Å²) in [5, 5.41) is 8.69. The summed E-state index contributed by atoms with van der Waals surface area (Å²) in [4.78, 5) is 21.5. The van der Waals surface area contributed by atoms with Crippen LogP contribution < -0.4 is 0 Å². The highest BCUT2D eigenvalue weighted by atomic mass is 32.2. The zero-order chi connectivity index (χ0) is 13.9. The SMILES string of the molecule is COC(=O)CS(=O)(=O)Cc1cc(C(=O)O)oc1C. The third-order valence-electron chi connectivity index (χ3n) is 2.17. The molecule has 1 heterocycles. The summed E-state index contributed by atoms with van der Waals surface area (Å²) >= 11 is 0. The van der Waals surface area contributed by atoms with Crippen LogP contribution in [-0.4, -0.2) is 38.3 Å². The van der Waals surface area contributed by atoms with Gasteiger partial charge in [-0.25, -0.2) is 13.2 Å². The van der Waals surface area contributed by atoms with Gasteiger partial charge < -0.3 is 14.3 Å². The van der Waals surface area contributed by atoms with Crippen LogP contribution in [0.15, 0.2) is 10.5 Å². The lowest BCUT2D eigenvalue weighted by atomic mass is 10.3. The lowest BCUT2D eigenvalue weighted by Crippen LogP contribution is -2.18. The smallest absolute Gasteiger partial charge is 0.371 e. The first-order chi connectivity index (χ1) is 8.25. The van der Waals surface area contributed by atoms with Crippen LogP contribution in [0.1, 0.15) is 21.9 Å². The number of hydrogen-bond donors (Lipinski definition) is 1. The van der Waals surface area contributed by atoms with Gasteiger partial charge in [-0.3, -0.25) is 4.79 Å². The second-order valence-electron chi connectivity index (χ2n) is 3.61. The molecule has 0 aliphatic heterocycles. The Morgan fingerprint density at radius 3 is 2.50 bits per heavy atom. The summed E-state index contributed by atoms with van der Waals surface area (Å²) < 4.78 is 32.4. The number of carboxylic acids is 1. The molecule has 0 unspecified atom stereocenters. The summed E-state index contributed by atoms with van der Waals surface area (Å²) in [6.45, 7) is 1.45. The monoisotopic (exact) mass is 276 g/mol. The minimum absolute atomic E-state index is 0.195. The largest absolute Gasteiger partial charge is 0.475 e. The van der Waals surface area contributed by atoms with E-state index in [1.807, 2.05) is 0 Å². The van der Waals surface area contributed by atoms with Crippen molar-refractivity contribution < 1.29 is 32.3 Å². The van der Waals surface area contributed by atoms with Crippen molar-refractivity contribution in [2.75, 3.05) is 12.9 Å². The predicted octanol–water partition coefficient (Wildman–Crippen LogP) is 0.374. The van der Waals surface area contributed by atoms with Crippen LogP contribution in [-0.2, 0) is 25.1 Å². The van der Waals surface area contributed by atoms with Crippen LogP contribution in [0.25, 0.3) is 0 Å². The number of aryl methyl sites for hydroxylation is 1. The van der Waals surface area contributed by atoms with E-state index in [1.165, 1.54) is 6.92 Å². The number of methoxy groups -OCH3 is 1. The Morgan fingerprint density at radius 1 is 1.44 bits per heavy atom. The molecule has 0 spiro atoms. The second-order valence-corrected chi connectivity index (χ2v) is 5.67. The molecule has 0 saturated carbocycles. The van der Waals surface area contributed by atoms with Crippen molar-refractivity contribution in [2.24, 2.45) is 0 Å². The Balaban J connectivity index is 2.91. The number of ether oxygens (including phenoxy) is 1. The van der Waals surface area contributed by atoms with Crippen molar-refractivity contribution in [3.63, 3.8) is 0 Å². The van der Waals surface area contributed by atoms with Gasteiger partial charge in [0.05, 0.1) is 12.9 Å². The molecule has 0 bridgehead atoms. The first-order valence-corrected chi connectivity index (χ1v) is 6.67. The van der Waals surface area contributed by atoms with Crippen molar-refractivity contribution >= 4 is 21.8 Å². The van der Waals surface area contributed by atoms with E-state index in [0.29, 0.717) is 0 Å². The fourth-order valence-electron chi connectivity index (χ4n) is 1.29. The number of hydrogen-bond acceptors (Lipinski definition) is 6. The van der Waals surface area contributed by atoms with Crippen LogP contribution in [0.2, 0.25) is 0 Å². The molecule has 0 amide bonds. The number of carbonyl (C=O) groups excluding carboxylic acids is 1. The molecule has 7 nitrogen and oxygen atoms in total. The van der Waals surface area contributed by atoms with Gasteiger partial charge in [-0.05, 0) is 13.0 Å². The highest BCUT2D eigenvalue weighted by Gasteiger charge is 2.22. The summed E-state index contributed by atoms with van der Waals surface area (Å²) in [6.07, 6.45) is 0. The number of furan rings is 1. The van der Waals surface area contributed by atoms with Crippen molar-refractivity contribution in [3.8, 4) is 0 Å². The minimum Gasteiger partial charge on any atom is -0.475 e. The molecule has 0 radical (unpaired) electrons. The van der Waals surface area contributed by atoms with Gasteiger partial charge in [0.2, 0.25) is 5.76 Å². The number of esters is 1. The Bertz CT molecular complexity index is 567. The fraction of sp³-hybridized carbons (Fsp3) is 0.400. The molecule has 0 aliphatic rings. The van der Waals surface area contributed by atoms with Gasteiger partial charge in [-0.15, -0.1) is 0 Å². The standard InChI is InChI=1S/C10H12O7S/c1-6-7(3-8(17-6)10(12)13)4-18(14,15)5-9(11)16-2/h3H,4-5H2,1-2H3,(H,12,13). The molecule has 0 aliphatic carbocycles. The molecule has 1 N–H and O–H groups in total. The minimum atomic E-state index is -3.71. The van der Waals surface area contributed by atoms with E-state index in [-0.39, 0.29) is 17.1 Å². The van der Waals surface area contributed by atoms with Gasteiger partial charge >= 0.3 is 11.9 Å². The Labute approximate surface area is 103 Å². The molecule has 0 saturated heterocycles. The van der Waals surface area contributed by atoms with E-state index in [4.69, 9.17) is 9.52 Å². The predicted molar refractivity (Wildman–Crippen MR) is 59.9 cm³/mol. The van der Waals surface area contributed by atoms with Crippen LogP contribution in [0, 0.1) is 6.92 Å². The highest BCUT2D eigenvalue weighted by molar-refractivity contribution is 7.91.